The second kappa shape index (κ2) is 11.6. The van der Waals surface area contributed by atoms with Gasteiger partial charge in [-0.2, -0.15) is 5.10 Å². The molecule has 0 saturated heterocycles. The van der Waals surface area contributed by atoms with Crippen LogP contribution < -0.4 is 15.1 Å². The van der Waals surface area contributed by atoms with Gasteiger partial charge in [0.1, 0.15) is 17.1 Å². The van der Waals surface area contributed by atoms with E-state index in [0.29, 0.717) is 46.2 Å². The average Bonchev–Trinajstić information content (AvgIpc) is 3.09. The number of rotatable bonds is 10. The molecule has 4 rings (SSSR count). The van der Waals surface area contributed by atoms with E-state index in [4.69, 9.17) is 37.1 Å². The number of aromatic nitrogens is 2. The van der Waals surface area contributed by atoms with E-state index in [1.54, 1.807) is 28.9 Å². The lowest BCUT2D eigenvalue weighted by Gasteiger charge is -2.09. The highest BCUT2D eigenvalue weighted by molar-refractivity contribution is 6.32. The monoisotopic (exact) mass is 527 g/mol. The highest BCUT2D eigenvalue weighted by atomic mass is 35.5. The van der Waals surface area contributed by atoms with Crippen LogP contribution in [0.4, 0.5) is 0 Å². The van der Waals surface area contributed by atoms with Crippen molar-refractivity contribution >= 4 is 40.4 Å². The smallest absolute Gasteiger partial charge is 0.336 e. The number of hydrogen-bond acceptors (Lipinski definition) is 6. The fourth-order valence-electron chi connectivity index (χ4n) is 3.79. The molecule has 2 heterocycles. The first kappa shape index (κ1) is 25.8. The lowest BCUT2D eigenvalue weighted by Crippen LogP contribution is -2.01. The van der Waals surface area contributed by atoms with Gasteiger partial charge in [-0.1, -0.05) is 23.2 Å². The van der Waals surface area contributed by atoms with Crippen molar-refractivity contribution < 1.29 is 13.9 Å². The predicted molar refractivity (Wildman–Crippen MR) is 144 cm³/mol. The molecule has 0 aliphatic rings. The van der Waals surface area contributed by atoms with Gasteiger partial charge in [-0.15, -0.1) is 0 Å². The molecule has 0 aliphatic heterocycles. The van der Waals surface area contributed by atoms with Crippen LogP contribution in [0.25, 0.3) is 11.0 Å². The Morgan fingerprint density at radius 3 is 2.64 bits per heavy atom. The van der Waals surface area contributed by atoms with Gasteiger partial charge in [-0.25, -0.2) is 9.48 Å². The predicted octanol–water partition coefficient (Wildman–Crippen LogP) is 6.91. The molecule has 0 spiro atoms. The van der Waals surface area contributed by atoms with Gasteiger partial charge in [0.05, 0.1) is 22.9 Å². The van der Waals surface area contributed by atoms with Gasteiger partial charge < -0.3 is 13.9 Å². The summed E-state index contributed by atoms with van der Waals surface area (Å²) in [6, 6.07) is 12.1. The van der Waals surface area contributed by atoms with E-state index >= 15 is 0 Å². The van der Waals surface area contributed by atoms with Crippen molar-refractivity contribution in [1.29, 1.82) is 0 Å². The Hall–Kier alpha value is -3.29. The zero-order valence-electron chi connectivity index (χ0n) is 20.4. The number of benzene rings is 2. The molecule has 2 aromatic heterocycles. The Morgan fingerprint density at radius 2 is 1.86 bits per heavy atom. The van der Waals surface area contributed by atoms with Crippen LogP contribution in [0.3, 0.4) is 0 Å². The van der Waals surface area contributed by atoms with Crippen molar-refractivity contribution in [3.63, 3.8) is 0 Å². The zero-order valence-corrected chi connectivity index (χ0v) is 21.9. The van der Waals surface area contributed by atoms with Crippen LogP contribution in [0.15, 0.2) is 56.7 Å². The van der Waals surface area contributed by atoms with Gasteiger partial charge in [0.25, 0.3) is 0 Å². The summed E-state index contributed by atoms with van der Waals surface area (Å²) in [5.41, 5.74) is 2.60. The molecule has 0 atom stereocenters. The van der Waals surface area contributed by atoms with E-state index in [0.717, 1.165) is 41.5 Å². The van der Waals surface area contributed by atoms with E-state index in [9.17, 15) is 4.79 Å². The number of fused-ring (bicyclic) bond motifs is 1. The maximum absolute atomic E-state index is 11.6. The van der Waals surface area contributed by atoms with Crippen LogP contribution in [0.2, 0.25) is 10.0 Å². The van der Waals surface area contributed by atoms with Crippen molar-refractivity contribution in [2.24, 2.45) is 12.0 Å². The first-order chi connectivity index (χ1) is 17.3. The van der Waals surface area contributed by atoms with Crippen LogP contribution in [-0.2, 0) is 7.05 Å². The summed E-state index contributed by atoms with van der Waals surface area (Å²) in [5, 5.41) is 6.40. The molecule has 0 N–H and O–H groups in total. The lowest BCUT2D eigenvalue weighted by atomic mass is 10.1. The SMILES string of the molecule is Cc1nn(C)c(Oc2ccc(Cl)cc2)c1C=NCCCCCOc1cc2oc(=O)cc(C)c2cc1Cl. The van der Waals surface area contributed by atoms with Crippen molar-refractivity contribution in [1.82, 2.24) is 9.78 Å². The Balaban J connectivity index is 1.26. The molecule has 0 unspecified atom stereocenters. The molecule has 188 valence electrons. The molecule has 4 aromatic rings. The molecule has 7 nitrogen and oxygen atoms in total. The number of nitrogens with zero attached hydrogens (tertiary/aromatic N) is 3. The van der Waals surface area contributed by atoms with Gasteiger partial charge in [0.2, 0.25) is 5.88 Å². The second-order valence-corrected chi connectivity index (χ2v) is 9.30. The quantitative estimate of drug-likeness (QED) is 0.127. The minimum absolute atomic E-state index is 0.390. The number of halogens is 2. The Labute approximate surface area is 219 Å². The molecule has 9 heteroatoms. The van der Waals surface area contributed by atoms with Gasteiger partial charge in [-0.3, -0.25) is 4.99 Å². The van der Waals surface area contributed by atoms with Crippen LogP contribution in [0.5, 0.6) is 17.4 Å². The van der Waals surface area contributed by atoms with Crippen LogP contribution in [0.1, 0.15) is 36.1 Å². The minimum Gasteiger partial charge on any atom is -0.492 e. The van der Waals surface area contributed by atoms with E-state index in [1.807, 2.05) is 39.2 Å². The van der Waals surface area contributed by atoms with Crippen molar-refractivity contribution in [3.8, 4) is 17.4 Å². The lowest BCUT2D eigenvalue weighted by molar-refractivity contribution is 0.306. The Bertz CT molecular complexity index is 1440. The standard InChI is InChI=1S/C27H27Cl2N3O4/c1-17-13-26(33)36-24-15-25(23(29)14-21(17)24)34-12-6-4-5-11-30-16-22-18(2)31-32(3)27(22)35-20-9-7-19(28)8-10-20/h7-10,13-16H,4-6,11-12H2,1-3H3. The number of ether oxygens (including phenoxy) is 2. The summed E-state index contributed by atoms with van der Waals surface area (Å²) >= 11 is 12.3. The summed E-state index contributed by atoms with van der Waals surface area (Å²) in [6.45, 7) is 4.96. The summed E-state index contributed by atoms with van der Waals surface area (Å²) in [6.07, 6.45) is 4.51. The molecule has 0 radical (unpaired) electrons. The fourth-order valence-corrected chi connectivity index (χ4v) is 4.13. The number of hydrogen-bond donors (Lipinski definition) is 0. The van der Waals surface area contributed by atoms with Gasteiger partial charge in [0.15, 0.2) is 0 Å². The maximum atomic E-state index is 11.6. The highest BCUT2D eigenvalue weighted by Crippen LogP contribution is 2.31. The van der Waals surface area contributed by atoms with Crippen LogP contribution >= 0.6 is 23.2 Å². The summed E-state index contributed by atoms with van der Waals surface area (Å²) in [5.74, 6) is 1.82. The number of aryl methyl sites for hydroxylation is 3. The first-order valence-electron chi connectivity index (χ1n) is 11.7. The molecular formula is C27H27Cl2N3O4. The molecule has 0 aliphatic carbocycles. The maximum Gasteiger partial charge on any atom is 0.336 e. The molecule has 0 fully saturated rings. The van der Waals surface area contributed by atoms with Crippen LogP contribution in [0, 0.1) is 13.8 Å². The largest absolute Gasteiger partial charge is 0.492 e. The van der Waals surface area contributed by atoms with Crippen molar-refractivity contribution in [2.75, 3.05) is 13.2 Å². The third kappa shape index (κ3) is 6.28. The van der Waals surface area contributed by atoms with Gasteiger partial charge >= 0.3 is 5.63 Å². The van der Waals surface area contributed by atoms with Gasteiger partial charge in [-0.05, 0) is 69.0 Å². The van der Waals surface area contributed by atoms with Crippen molar-refractivity contribution in [2.45, 2.75) is 33.1 Å². The average molecular weight is 528 g/mol. The Kier molecular flexibility index (Phi) is 8.33. The molecule has 2 aromatic carbocycles. The van der Waals surface area contributed by atoms with E-state index in [1.165, 1.54) is 6.07 Å². The minimum atomic E-state index is -0.390. The number of aliphatic imine (C=N–C) groups is 1. The third-order valence-electron chi connectivity index (χ3n) is 5.66. The van der Waals surface area contributed by atoms with E-state index < -0.39 is 0 Å². The topological polar surface area (TPSA) is 78.8 Å². The van der Waals surface area contributed by atoms with Crippen molar-refractivity contribution in [3.05, 3.63) is 79.8 Å². The summed E-state index contributed by atoms with van der Waals surface area (Å²) in [4.78, 5) is 16.2. The first-order valence-corrected chi connectivity index (χ1v) is 12.4. The Morgan fingerprint density at radius 1 is 1.08 bits per heavy atom. The van der Waals surface area contributed by atoms with E-state index in [2.05, 4.69) is 10.1 Å². The normalized spacial score (nSPS) is 11.5. The highest BCUT2D eigenvalue weighted by Gasteiger charge is 2.14. The molecule has 36 heavy (non-hydrogen) atoms. The molecular weight excluding hydrogens is 501 g/mol. The summed E-state index contributed by atoms with van der Waals surface area (Å²) < 4.78 is 18.8. The number of unbranched alkanes of at least 4 members (excludes halogenated alkanes) is 2. The molecule has 0 saturated carbocycles. The third-order valence-corrected chi connectivity index (χ3v) is 6.20. The van der Waals surface area contributed by atoms with Crippen LogP contribution in [-0.4, -0.2) is 29.1 Å². The second-order valence-electron chi connectivity index (χ2n) is 8.46. The molecule has 0 amide bonds. The summed E-state index contributed by atoms with van der Waals surface area (Å²) in [7, 11) is 1.84. The van der Waals surface area contributed by atoms with E-state index in [-0.39, 0.29) is 5.63 Å². The van der Waals surface area contributed by atoms with Gasteiger partial charge in [0, 0.05) is 42.3 Å². The molecule has 0 bridgehead atoms. The fraction of sp³-hybridized carbons (Fsp3) is 0.296. The zero-order chi connectivity index (χ0) is 25.7.